The van der Waals surface area contributed by atoms with Gasteiger partial charge in [0.1, 0.15) is 23.0 Å². The fourth-order valence-electron chi connectivity index (χ4n) is 14.7. The molecule has 0 unspecified atom stereocenters. The summed E-state index contributed by atoms with van der Waals surface area (Å²) in [5.74, 6) is 2.57. The Hall–Kier alpha value is -8.56. The predicted molar refractivity (Wildman–Crippen MR) is 298 cm³/mol. The van der Waals surface area contributed by atoms with Gasteiger partial charge in [-0.1, -0.05) is 30.3 Å². The van der Waals surface area contributed by atoms with Gasteiger partial charge in [0.2, 0.25) is 0 Å². The Morgan fingerprint density at radius 3 is 1.45 bits per heavy atom. The molecule has 8 heteroatoms. The molecule has 8 aliphatic rings. The average molecular weight is 975 g/mol. The fraction of sp³-hybridized carbons (Fsp3) is 0.284. The van der Waals surface area contributed by atoms with Gasteiger partial charge in [-0.15, -0.1) is 0 Å². The molecular formula is C67H54N6O2. The third-order valence-corrected chi connectivity index (χ3v) is 17.5. The molecule has 6 heterocycles. The van der Waals surface area contributed by atoms with E-state index in [4.69, 9.17) is 22.6 Å². The molecule has 6 aliphatic heterocycles. The Labute approximate surface area is 438 Å². The van der Waals surface area contributed by atoms with Gasteiger partial charge in [0.05, 0.1) is 25.3 Å². The van der Waals surface area contributed by atoms with Gasteiger partial charge in [0.15, 0.2) is 0 Å². The van der Waals surface area contributed by atoms with Crippen molar-refractivity contribution in [1.29, 1.82) is 10.5 Å². The van der Waals surface area contributed by atoms with Crippen molar-refractivity contribution in [2.75, 3.05) is 36.0 Å². The summed E-state index contributed by atoms with van der Waals surface area (Å²) in [7, 11) is 0. The SMILES string of the molecule is [C-]#[N+]/C(C#N)=C1\C=C(C)OC(c2cc3c4c(c(-c5cc6c7c(c5)CCCN7CCC6)ccc4c2)C[C@@]2(Cc4cc(-c5cc6c7c(c5)CCCN7CCC6)cc5ccc(C6=C/C(=C(\C#N)[N+]#[C-])C=C(C)O6)c(c45)C2)C3)=C1. The van der Waals surface area contributed by atoms with Crippen molar-refractivity contribution in [2.45, 2.75) is 90.9 Å². The molecule has 0 saturated heterocycles. The lowest BCUT2D eigenvalue weighted by Crippen LogP contribution is -2.37. The van der Waals surface area contributed by atoms with Crippen molar-refractivity contribution in [1.82, 2.24) is 0 Å². The van der Waals surface area contributed by atoms with Crippen LogP contribution < -0.4 is 9.80 Å². The standard InChI is InChI=1S/C67H54N6O2/c1-39-21-50(59(37-68)70-3)31-61(74-39)52-24-42-13-15-55(49-27-45-11-7-19-73-20-8-12-46(28-49)66(45)73)57-35-67(34-54(30-52)63(42)57)33-53-29-47(48-25-43-9-5-17-72-18-6-10-44(26-48)65(43)72)23-41-14-16-56(58(36-67)64(41)53)62-32-51(22-40(2)75-62)60(38-69)71-4/h13-16,21-32H,5-12,17-20,33-36H2,1-2H3/b59-50+,60-51+/t67-/m1/s1. The van der Waals surface area contributed by atoms with Crippen LogP contribution in [0.2, 0.25) is 0 Å². The summed E-state index contributed by atoms with van der Waals surface area (Å²) in [6, 6.07) is 32.9. The monoisotopic (exact) mass is 974 g/mol. The van der Waals surface area contributed by atoms with E-state index >= 15 is 0 Å². The van der Waals surface area contributed by atoms with E-state index in [2.05, 4.69) is 104 Å². The highest BCUT2D eigenvalue weighted by Gasteiger charge is 2.42. The molecule has 6 aromatic rings. The first-order chi connectivity index (χ1) is 36.7. The maximum absolute atomic E-state index is 10.1. The van der Waals surface area contributed by atoms with E-state index in [1.54, 1.807) is 12.2 Å². The number of nitrogens with zero attached hydrogens (tertiary/aromatic N) is 6. The second-order valence-electron chi connectivity index (χ2n) is 22.3. The fourth-order valence-corrected chi connectivity index (χ4v) is 14.7. The van der Waals surface area contributed by atoms with Crippen LogP contribution in [0.4, 0.5) is 11.4 Å². The molecule has 0 saturated carbocycles. The molecule has 0 bridgehead atoms. The van der Waals surface area contributed by atoms with Crippen LogP contribution in [0.5, 0.6) is 0 Å². The number of aryl methyl sites for hydroxylation is 4. The average Bonchev–Trinajstić information content (AvgIpc) is 3.44. The Kier molecular flexibility index (Phi) is 10.4. The summed E-state index contributed by atoms with van der Waals surface area (Å²) in [5, 5.41) is 25.0. The molecule has 0 aromatic heterocycles. The normalized spacial score (nSPS) is 21.1. The molecule has 1 spiro atoms. The number of hydrogen-bond acceptors (Lipinski definition) is 6. The summed E-state index contributed by atoms with van der Waals surface area (Å²) in [6.07, 6.45) is 19.8. The molecule has 0 N–H and O–H groups in total. The first-order valence-electron chi connectivity index (χ1n) is 26.9. The summed E-state index contributed by atoms with van der Waals surface area (Å²) in [6.45, 7) is 24.0. The zero-order chi connectivity index (χ0) is 50.7. The van der Waals surface area contributed by atoms with Crippen LogP contribution in [0.1, 0.15) is 95.2 Å². The van der Waals surface area contributed by atoms with Crippen LogP contribution in [-0.4, -0.2) is 26.2 Å². The van der Waals surface area contributed by atoms with Gasteiger partial charge in [-0.2, -0.15) is 0 Å². The van der Waals surface area contributed by atoms with E-state index in [0.29, 0.717) is 34.2 Å². The summed E-state index contributed by atoms with van der Waals surface area (Å²) in [4.78, 5) is 12.4. The third-order valence-electron chi connectivity index (χ3n) is 17.5. The lowest BCUT2D eigenvalue weighted by Gasteiger charge is -2.44. The highest BCUT2D eigenvalue weighted by Crippen LogP contribution is 2.54. The van der Waals surface area contributed by atoms with Crippen LogP contribution in [0, 0.1) is 41.2 Å². The molecule has 75 heavy (non-hydrogen) atoms. The summed E-state index contributed by atoms with van der Waals surface area (Å²) >= 11 is 0. The second kappa shape index (κ2) is 17.3. The van der Waals surface area contributed by atoms with Crippen molar-refractivity contribution in [3.05, 3.63) is 210 Å². The maximum atomic E-state index is 10.1. The van der Waals surface area contributed by atoms with Crippen molar-refractivity contribution in [3.63, 3.8) is 0 Å². The van der Waals surface area contributed by atoms with Gasteiger partial charge < -0.3 is 19.3 Å². The van der Waals surface area contributed by atoms with Crippen LogP contribution in [0.25, 0.3) is 65.0 Å². The number of ether oxygens (including phenoxy) is 2. The molecule has 0 fully saturated rings. The molecule has 6 aromatic carbocycles. The van der Waals surface area contributed by atoms with Crippen LogP contribution in [0.15, 0.2) is 131 Å². The number of allylic oxidation sites excluding steroid dienone is 10. The first-order valence-corrected chi connectivity index (χ1v) is 26.9. The quantitative estimate of drug-likeness (QED) is 0.129. The highest BCUT2D eigenvalue weighted by atomic mass is 16.5. The topological polar surface area (TPSA) is 81.2 Å². The van der Waals surface area contributed by atoms with Crippen molar-refractivity contribution < 1.29 is 9.47 Å². The van der Waals surface area contributed by atoms with E-state index < -0.39 is 0 Å². The number of anilines is 2. The molecule has 8 nitrogen and oxygen atoms in total. The van der Waals surface area contributed by atoms with Gasteiger partial charge in [0, 0.05) is 48.7 Å². The minimum atomic E-state index is -0.265. The molecular weight excluding hydrogens is 921 g/mol. The predicted octanol–water partition coefficient (Wildman–Crippen LogP) is 14.6. The third kappa shape index (κ3) is 7.34. The van der Waals surface area contributed by atoms with Gasteiger partial charge in [0.25, 0.3) is 11.4 Å². The van der Waals surface area contributed by atoms with Crippen molar-refractivity contribution in [3.8, 4) is 34.4 Å². The number of hydrogen-bond donors (Lipinski definition) is 0. The molecule has 14 rings (SSSR count). The van der Waals surface area contributed by atoms with E-state index in [9.17, 15) is 10.5 Å². The van der Waals surface area contributed by atoms with E-state index in [-0.39, 0.29) is 16.8 Å². The Balaban J connectivity index is 0.986. The minimum absolute atomic E-state index is 0.0423. The van der Waals surface area contributed by atoms with Crippen LogP contribution in [-0.2, 0) is 60.8 Å². The van der Waals surface area contributed by atoms with Crippen LogP contribution in [0.3, 0.4) is 0 Å². The maximum Gasteiger partial charge on any atom is 0.269 e. The molecule has 1 atom stereocenters. The van der Waals surface area contributed by atoms with Gasteiger partial charge in [-0.05, 0) is 263 Å². The first kappa shape index (κ1) is 45.1. The smallest absolute Gasteiger partial charge is 0.269 e. The number of rotatable bonds is 4. The van der Waals surface area contributed by atoms with Gasteiger partial charge in [-0.3, -0.25) is 0 Å². The molecule has 2 aliphatic carbocycles. The second-order valence-corrected chi connectivity index (χ2v) is 22.3. The molecule has 0 amide bonds. The van der Waals surface area contributed by atoms with Gasteiger partial charge in [-0.25, -0.2) is 20.2 Å². The largest absolute Gasteiger partial charge is 0.461 e. The van der Waals surface area contributed by atoms with E-state index in [1.165, 1.54) is 120 Å². The Morgan fingerprint density at radius 1 is 0.507 bits per heavy atom. The molecule has 0 radical (unpaired) electrons. The Bertz CT molecular complexity index is 3900. The van der Waals surface area contributed by atoms with Crippen molar-refractivity contribution >= 4 is 44.4 Å². The highest BCUT2D eigenvalue weighted by molar-refractivity contribution is 6.00. The zero-order valence-corrected chi connectivity index (χ0v) is 42.6. The Morgan fingerprint density at radius 2 is 0.933 bits per heavy atom. The van der Waals surface area contributed by atoms with Gasteiger partial charge >= 0.3 is 0 Å². The van der Waals surface area contributed by atoms with Crippen molar-refractivity contribution in [2.24, 2.45) is 5.41 Å². The lowest BCUT2D eigenvalue weighted by molar-refractivity contribution is 0.267. The van der Waals surface area contributed by atoms with Crippen LogP contribution >= 0.6 is 0 Å². The minimum Gasteiger partial charge on any atom is -0.461 e. The lowest BCUT2D eigenvalue weighted by atomic mass is 9.60. The number of nitriles is 2. The summed E-state index contributed by atoms with van der Waals surface area (Å²) < 4.78 is 13.1. The zero-order valence-electron chi connectivity index (χ0n) is 42.6. The molecule has 364 valence electrons. The summed E-state index contributed by atoms with van der Waals surface area (Å²) in [5.41, 5.74) is 22.1. The number of benzene rings is 6. The van der Waals surface area contributed by atoms with E-state index in [0.717, 1.165) is 94.1 Å². The van der Waals surface area contributed by atoms with E-state index in [1.807, 2.05) is 26.0 Å².